The highest BCUT2D eigenvalue weighted by Crippen LogP contribution is 2.24. The van der Waals surface area contributed by atoms with Crippen LogP contribution in [0.1, 0.15) is 60.0 Å². The average molecular weight is 396 g/mol. The van der Waals surface area contributed by atoms with E-state index in [2.05, 4.69) is 20.6 Å². The lowest BCUT2D eigenvalue weighted by atomic mass is 10.3. The van der Waals surface area contributed by atoms with E-state index in [-0.39, 0.29) is 24.5 Å². The lowest BCUT2D eigenvalue weighted by Crippen LogP contribution is -2.40. The minimum absolute atomic E-state index is 0.0482. The Kier molecular flexibility index (Phi) is 8.02. The predicted molar refractivity (Wildman–Crippen MR) is 106 cm³/mol. The van der Waals surface area contributed by atoms with Gasteiger partial charge >= 0.3 is 5.97 Å². The lowest BCUT2D eigenvalue weighted by Gasteiger charge is -2.17. The number of esters is 1. The molecule has 1 aromatic heterocycles. The number of aryl methyl sites for hydroxylation is 1. The van der Waals surface area contributed by atoms with Gasteiger partial charge in [-0.25, -0.2) is 14.8 Å². The molecule has 0 bridgehead atoms. The highest BCUT2D eigenvalue weighted by Gasteiger charge is 2.21. The topological polar surface area (TPSA) is 95.9 Å². The average Bonchev–Trinajstić information content (AvgIpc) is 3.29. The van der Waals surface area contributed by atoms with Crippen LogP contribution in [0, 0.1) is 6.92 Å². The van der Waals surface area contributed by atoms with Crippen LogP contribution in [0.5, 0.6) is 0 Å². The van der Waals surface area contributed by atoms with Crippen molar-refractivity contribution in [3.05, 3.63) is 15.6 Å². The number of thiazole rings is 1. The molecular formula is C18H29N5O3S. The van der Waals surface area contributed by atoms with Crippen LogP contribution in [0.25, 0.3) is 0 Å². The molecule has 0 saturated carbocycles. The molecule has 1 fully saturated rings. The van der Waals surface area contributed by atoms with Crippen LogP contribution < -0.4 is 10.6 Å². The number of aliphatic imine (C=N–C) groups is 1. The number of hydrogen-bond donors (Lipinski definition) is 2. The first kappa shape index (κ1) is 21.1. The summed E-state index contributed by atoms with van der Waals surface area (Å²) in [6, 6.07) is -0.156. The number of carbonyl (C=O) groups excluding carboxylic acids is 2. The van der Waals surface area contributed by atoms with Crippen molar-refractivity contribution in [3.63, 3.8) is 0 Å². The van der Waals surface area contributed by atoms with Crippen LogP contribution in [0.3, 0.4) is 0 Å². The number of guanidine groups is 1. The second kappa shape index (κ2) is 10.2. The summed E-state index contributed by atoms with van der Waals surface area (Å²) in [6.45, 7) is 10.3. The van der Waals surface area contributed by atoms with Crippen molar-refractivity contribution < 1.29 is 14.3 Å². The van der Waals surface area contributed by atoms with Gasteiger partial charge in [0.05, 0.1) is 18.3 Å². The standard InChI is InChI=1S/C18H29N5O3S/c1-5-19-18(20-11-14(24)23-9-7-8-10-23)22-13(4)16-21-12(3)15(27-16)17(25)26-6-2/h13H,5-11H2,1-4H3,(H2,19,20,22). The zero-order valence-corrected chi connectivity index (χ0v) is 17.3. The first-order valence-electron chi connectivity index (χ1n) is 9.43. The second-order valence-electron chi connectivity index (χ2n) is 6.34. The van der Waals surface area contributed by atoms with E-state index in [9.17, 15) is 9.59 Å². The van der Waals surface area contributed by atoms with Crippen LogP contribution >= 0.6 is 11.3 Å². The van der Waals surface area contributed by atoms with Crippen LogP contribution in [0.4, 0.5) is 0 Å². The number of nitrogens with zero attached hydrogens (tertiary/aromatic N) is 3. The molecule has 1 atom stereocenters. The van der Waals surface area contributed by atoms with Gasteiger partial charge in [0.15, 0.2) is 5.96 Å². The molecule has 1 unspecified atom stereocenters. The van der Waals surface area contributed by atoms with Crippen molar-refractivity contribution in [2.45, 2.75) is 46.6 Å². The first-order chi connectivity index (χ1) is 13.0. The van der Waals surface area contributed by atoms with E-state index in [1.807, 2.05) is 18.7 Å². The Balaban J connectivity index is 2.02. The second-order valence-corrected chi connectivity index (χ2v) is 7.37. The Morgan fingerprint density at radius 3 is 2.67 bits per heavy atom. The van der Waals surface area contributed by atoms with Gasteiger partial charge in [-0.2, -0.15) is 0 Å². The molecular weight excluding hydrogens is 366 g/mol. The maximum atomic E-state index is 12.2. The Labute approximate surface area is 164 Å². The number of nitrogens with one attached hydrogen (secondary N) is 2. The molecule has 150 valence electrons. The van der Waals surface area contributed by atoms with E-state index >= 15 is 0 Å². The van der Waals surface area contributed by atoms with E-state index in [0.717, 1.165) is 30.9 Å². The summed E-state index contributed by atoms with van der Waals surface area (Å²) in [5.41, 5.74) is 0.660. The smallest absolute Gasteiger partial charge is 0.350 e. The summed E-state index contributed by atoms with van der Waals surface area (Å²) >= 11 is 1.31. The minimum atomic E-state index is -0.345. The molecule has 1 saturated heterocycles. The molecule has 0 aromatic carbocycles. The fraction of sp³-hybridized carbons (Fsp3) is 0.667. The summed E-state index contributed by atoms with van der Waals surface area (Å²) in [5.74, 6) is 0.262. The van der Waals surface area contributed by atoms with Crippen LogP contribution in [-0.2, 0) is 9.53 Å². The molecule has 27 heavy (non-hydrogen) atoms. The Bertz CT molecular complexity index is 683. The van der Waals surface area contributed by atoms with Gasteiger partial charge in [-0.3, -0.25) is 4.79 Å². The van der Waals surface area contributed by atoms with Crippen molar-refractivity contribution >= 4 is 29.2 Å². The number of aromatic nitrogens is 1. The maximum absolute atomic E-state index is 12.2. The van der Waals surface area contributed by atoms with Gasteiger partial charge in [0.2, 0.25) is 5.91 Å². The van der Waals surface area contributed by atoms with Crippen molar-refractivity contribution in [1.29, 1.82) is 0 Å². The number of ether oxygens (including phenoxy) is 1. The normalized spacial score (nSPS) is 15.6. The summed E-state index contributed by atoms with van der Waals surface area (Å²) < 4.78 is 5.07. The molecule has 2 rings (SSSR count). The van der Waals surface area contributed by atoms with Crippen LogP contribution in [0.2, 0.25) is 0 Å². The predicted octanol–water partition coefficient (Wildman–Crippen LogP) is 1.87. The fourth-order valence-electron chi connectivity index (χ4n) is 2.79. The van der Waals surface area contributed by atoms with Crippen LogP contribution in [-0.4, -0.2) is 60.5 Å². The maximum Gasteiger partial charge on any atom is 0.350 e. The Morgan fingerprint density at radius 1 is 1.33 bits per heavy atom. The zero-order chi connectivity index (χ0) is 19.8. The van der Waals surface area contributed by atoms with Crippen molar-refractivity contribution in [1.82, 2.24) is 20.5 Å². The Hall–Kier alpha value is -2.16. The van der Waals surface area contributed by atoms with Gasteiger partial charge in [0.25, 0.3) is 0 Å². The lowest BCUT2D eigenvalue weighted by molar-refractivity contribution is -0.128. The third kappa shape index (κ3) is 5.92. The molecule has 1 amide bonds. The highest BCUT2D eigenvalue weighted by molar-refractivity contribution is 7.13. The van der Waals surface area contributed by atoms with Gasteiger partial charge in [-0.05, 0) is 40.5 Å². The Morgan fingerprint density at radius 2 is 2.04 bits per heavy atom. The number of rotatable bonds is 7. The number of carbonyl (C=O) groups is 2. The van der Waals surface area contributed by atoms with Gasteiger partial charge in [0.1, 0.15) is 16.4 Å². The molecule has 0 radical (unpaired) electrons. The van der Waals surface area contributed by atoms with E-state index in [4.69, 9.17) is 4.74 Å². The molecule has 1 aliphatic rings. The van der Waals surface area contributed by atoms with E-state index in [0.29, 0.717) is 29.7 Å². The van der Waals surface area contributed by atoms with E-state index in [1.165, 1.54) is 11.3 Å². The van der Waals surface area contributed by atoms with Crippen LogP contribution in [0.15, 0.2) is 4.99 Å². The summed E-state index contributed by atoms with van der Waals surface area (Å²) in [4.78, 5) is 35.4. The third-order valence-electron chi connectivity index (χ3n) is 4.17. The monoisotopic (exact) mass is 395 g/mol. The molecule has 0 aliphatic carbocycles. The van der Waals surface area contributed by atoms with Gasteiger partial charge in [-0.1, -0.05) is 0 Å². The molecule has 8 nitrogen and oxygen atoms in total. The van der Waals surface area contributed by atoms with Gasteiger partial charge in [0, 0.05) is 19.6 Å². The van der Waals surface area contributed by atoms with Gasteiger partial charge < -0.3 is 20.3 Å². The van der Waals surface area contributed by atoms with E-state index < -0.39 is 0 Å². The first-order valence-corrected chi connectivity index (χ1v) is 10.2. The molecule has 1 aliphatic heterocycles. The zero-order valence-electron chi connectivity index (χ0n) is 16.5. The molecule has 0 spiro atoms. The molecule has 1 aromatic rings. The summed E-state index contributed by atoms with van der Waals surface area (Å²) in [6.07, 6.45) is 2.13. The fourth-order valence-corrected chi connectivity index (χ4v) is 3.75. The van der Waals surface area contributed by atoms with Crippen molar-refractivity contribution in [2.24, 2.45) is 4.99 Å². The largest absolute Gasteiger partial charge is 0.462 e. The van der Waals surface area contributed by atoms with Gasteiger partial charge in [-0.15, -0.1) is 11.3 Å². The number of amides is 1. The molecule has 2 N–H and O–H groups in total. The van der Waals surface area contributed by atoms with Crippen molar-refractivity contribution in [2.75, 3.05) is 32.8 Å². The third-order valence-corrected chi connectivity index (χ3v) is 5.49. The number of hydrogen-bond acceptors (Lipinski definition) is 6. The van der Waals surface area contributed by atoms with E-state index in [1.54, 1.807) is 13.8 Å². The van der Waals surface area contributed by atoms with Crippen molar-refractivity contribution in [3.8, 4) is 0 Å². The SMILES string of the molecule is CCNC(=NCC(=O)N1CCCC1)NC(C)c1nc(C)c(C(=O)OCC)s1. The molecule has 9 heteroatoms. The number of likely N-dealkylation sites (tertiary alicyclic amines) is 1. The quantitative estimate of drug-likeness (QED) is 0.416. The summed E-state index contributed by atoms with van der Waals surface area (Å²) in [7, 11) is 0. The minimum Gasteiger partial charge on any atom is -0.462 e. The molecule has 2 heterocycles. The highest BCUT2D eigenvalue weighted by atomic mass is 32.1. The summed E-state index contributed by atoms with van der Waals surface area (Å²) in [5, 5.41) is 7.17.